The van der Waals surface area contributed by atoms with Crippen molar-refractivity contribution in [3.63, 3.8) is 0 Å². The number of aryl methyl sites for hydroxylation is 2. The molecule has 0 unspecified atom stereocenters. The Morgan fingerprint density at radius 2 is 1.84 bits per heavy atom. The highest BCUT2D eigenvalue weighted by Crippen LogP contribution is 2.30. The molecule has 2 rings (SSSR count). The number of methoxy groups -OCH3 is 1. The third kappa shape index (κ3) is 2.45. The number of aromatic carboxylic acids is 1. The van der Waals surface area contributed by atoms with Crippen molar-refractivity contribution in [2.24, 2.45) is 0 Å². The number of hydrogen-bond donors (Lipinski definition) is 1. The van der Waals surface area contributed by atoms with Gasteiger partial charge in [0.2, 0.25) is 0 Å². The lowest BCUT2D eigenvalue weighted by Gasteiger charge is -2.11. The van der Waals surface area contributed by atoms with Gasteiger partial charge in [0.05, 0.1) is 12.7 Å². The smallest absolute Gasteiger partial charge is 0.336 e. The molecule has 0 saturated heterocycles. The number of carbonyl (C=O) groups is 1. The summed E-state index contributed by atoms with van der Waals surface area (Å²) >= 11 is 0. The van der Waals surface area contributed by atoms with Crippen molar-refractivity contribution < 1.29 is 14.6 Å². The Kier molecular flexibility index (Phi) is 3.56. The molecular formula is C16H16O3. The third-order valence-corrected chi connectivity index (χ3v) is 3.19. The van der Waals surface area contributed by atoms with Crippen molar-refractivity contribution in [3.8, 4) is 16.9 Å². The molecule has 0 spiro atoms. The first-order valence-electron chi connectivity index (χ1n) is 6.02. The summed E-state index contributed by atoms with van der Waals surface area (Å²) in [4.78, 5) is 11.4. The van der Waals surface area contributed by atoms with Crippen molar-refractivity contribution in [3.05, 3.63) is 53.1 Å². The van der Waals surface area contributed by atoms with Gasteiger partial charge in [-0.2, -0.15) is 0 Å². The summed E-state index contributed by atoms with van der Waals surface area (Å²) in [5.74, 6) is -0.102. The van der Waals surface area contributed by atoms with Gasteiger partial charge in [-0.05, 0) is 48.2 Å². The number of ether oxygens (including phenoxy) is 1. The van der Waals surface area contributed by atoms with Crippen LogP contribution in [0.25, 0.3) is 11.1 Å². The van der Waals surface area contributed by atoms with Crippen LogP contribution in [-0.4, -0.2) is 18.2 Å². The van der Waals surface area contributed by atoms with E-state index in [1.54, 1.807) is 7.11 Å². The maximum atomic E-state index is 11.4. The molecule has 0 aliphatic carbocycles. The number of carboxylic acids is 1. The van der Waals surface area contributed by atoms with Crippen molar-refractivity contribution >= 4 is 5.97 Å². The van der Waals surface area contributed by atoms with Crippen LogP contribution < -0.4 is 4.74 Å². The number of benzene rings is 2. The monoisotopic (exact) mass is 256 g/mol. The second kappa shape index (κ2) is 5.14. The molecule has 0 aromatic heterocycles. The fourth-order valence-electron chi connectivity index (χ4n) is 2.24. The van der Waals surface area contributed by atoms with E-state index in [9.17, 15) is 9.90 Å². The van der Waals surface area contributed by atoms with E-state index in [0.717, 1.165) is 28.0 Å². The zero-order chi connectivity index (χ0) is 14.0. The minimum atomic E-state index is -0.901. The highest BCUT2D eigenvalue weighted by molar-refractivity contribution is 5.97. The first-order valence-corrected chi connectivity index (χ1v) is 6.02. The summed E-state index contributed by atoms with van der Waals surface area (Å²) in [6, 6.07) is 11.2. The predicted molar refractivity (Wildman–Crippen MR) is 74.9 cm³/mol. The lowest BCUT2D eigenvalue weighted by molar-refractivity contribution is 0.0697. The van der Waals surface area contributed by atoms with Gasteiger partial charge >= 0.3 is 5.97 Å². The van der Waals surface area contributed by atoms with E-state index in [-0.39, 0.29) is 0 Å². The second-order valence-electron chi connectivity index (χ2n) is 4.49. The average Bonchev–Trinajstić information content (AvgIpc) is 2.37. The van der Waals surface area contributed by atoms with Crippen LogP contribution >= 0.6 is 0 Å². The molecule has 0 amide bonds. The molecule has 19 heavy (non-hydrogen) atoms. The highest BCUT2D eigenvalue weighted by atomic mass is 16.5. The fourth-order valence-corrected chi connectivity index (χ4v) is 2.24. The second-order valence-corrected chi connectivity index (χ2v) is 4.49. The average molecular weight is 256 g/mol. The maximum absolute atomic E-state index is 11.4. The molecule has 98 valence electrons. The maximum Gasteiger partial charge on any atom is 0.336 e. The lowest BCUT2D eigenvalue weighted by Crippen LogP contribution is -2.02. The molecular weight excluding hydrogens is 240 g/mol. The number of rotatable bonds is 3. The van der Waals surface area contributed by atoms with E-state index < -0.39 is 5.97 Å². The molecule has 2 aromatic rings. The molecule has 0 aliphatic heterocycles. The third-order valence-electron chi connectivity index (χ3n) is 3.19. The zero-order valence-corrected chi connectivity index (χ0v) is 11.2. The molecule has 2 aromatic carbocycles. The summed E-state index contributed by atoms with van der Waals surface area (Å²) < 4.78 is 5.22. The van der Waals surface area contributed by atoms with Gasteiger partial charge in [-0.15, -0.1) is 0 Å². The molecule has 0 radical (unpaired) electrons. The largest absolute Gasteiger partial charge is 0.496 e. The fraction of sp³-hybridized carbons (Fsp3) is 0.188. The molecule has 0 bridgehead atoms. The van der Waals surface area contributed by atoms with Crippen LogP contribution in [0.2, 0.25) is 0 Å². The first kappa shape index (κ1) is 13.1. The Bertz CT molecular complexity index is 630. The quantitative estimate of drug-likeness (QED) is 0.911. The Hall–Kier alpha value is -2.29. The lowest BCUT2D eigenvalue weighted by atomic mass is 9.95. The van der Waals surface area contributed by atoms with Gasteiger partial charge in [0.1, 0.15) is 5.75 Å². The molecule has 3 heteroatoms. The van der Waals surface area contributed by atoms with Crippen LogP contribution in [0.1, 0.15) is 21.5 Å². The van der Waals surface area contributed by atoms with Crippen LogP contribution in [0.4, 0.5) is 0 Å². The summed E-state index contributed by atoms with van der Waals surface area (Å²) in [5, 5.41) is 9.35. The van der Waals surface area contributed by atoms with E-state index in [1.807, 2.05) is 50.2 Å². The summed E-state index contributed by atoms with van der Waals surface area (Å²) in [6.07, 6.45) is 0. The SMILES string of the molecule is COc1ccc(-c2cccc(C)c2C(=O)O)cc1C. The molecule has 0 fully saturated rings. The van der Waals surface area contributed by atoms with Crippen LogP contribution in [-0.2, 0) is 0 Å². The molecule has 3 nitrogen and oxygen atoms in total. The molecule has 0 aliphatic rings. The topological polar surface area (TPSA) is 46.5 Å². The van der Waals surface area contributed by atoms with Crippen molar-refractivity contribution in [1.82, 2.24) is 0 Å². The van der Waals surface area contributed by atoms with Crippen LogP contribution in [0.15, 0.2) is 36.4 Å². The predicted octanol–water partition coefficient (Wildman–Crippen LogP) is 3.68. The van der Waals surface area contributed by atoms with E-state index in [1.165, 1.54) is 0 Å². The van der Waals surface area contributed by atoms with Crippen LogP contribution in [0.5, 0.6) is 5.75 Å². The standard InChI is InChI=1S/C16H16O3/c1-10-5-4-6-13(15(10)16(17)18)12-7-8-14(19-3)11(2)9-12/h4-9H,1-3H3,(H,17,18). The van der Waals surface area contributed by atoms with Gasteiger partial charge in [0.15, 0.2) is 0 Å². The number of hydrogen-bond acceptors (Lipinski definition) is 2. The Morgan fingerprint density at radius 1 is 1.11 bits per heavy atom. The van der Waals surface area contributed by atoms with Crippen molar-refractivity contribution in [2.75, 3.05) is 7.11 Å². The van der Waals surface area contributed by atoms with Crippen molar-refractivity contribution in [2.45, 2.75) is 13.8 Å². The summed E-state index contributed by atoms with van der Waals surface area (Å²) in [5.41, 5.74) is 3.72. The summed E-state index contributed by atoms with van der Waals surface area (Å²) in [7, 11) is 1.62. The molecule has 0 atom stereocenters. The van der Waals surface area contributed by atoms with Gasteiger partial charge in [-0.1, -0.05) is 24.3 Å². The summed E-state index contributed by atoms with van der Waals surface area (Å²) in [6.45, 7) is 3.75. The van der Waals surface area contributed by atoms with Gasteiger partial charge in [0.25, 0.3) is 0 Å². The van der Waals surface area contributed by atoms with Gasteiger partial charge in [0, 0.05) is 0 Å². The minimum Gasteiger partial charge on any atom is -0.496 e. The van der Waals surface area contributed by atoms with Gasteiger partial charge < -0.3 is 9.84 Å². The van der Waals surface area contributed by atoms with E-state index in [4.69, 9.17) is 4.74 Å². The van der Waals surface area contributed by atoms with E-state index >= 15 is 0 Å². The zero-order valence-electron chi connectivity index (χ0n) is 11.2. The normalized spacial score (nSPS) is 10.3. The van der Waals surface area contributed by atoms with Crippen molar-refractivity contribution in [1.29, 1.82) is 0 Å². The van der Waals surface area contributed by atoms with Gasteiger partial charge in [-0.25, -0.2) is 4.79 Å². The molecule has 0 heterocycles. The van der Waals surface area contributed by atoms with E-state index in [0.29, 0.717) is 5.56 Å². The Balaban J connectivity index is 2.62. The van der Waals surface area contributed by atoms with E-state index in [2.05, 4.69) is 0 Å². The molecule has 0 saturated carbocycles. The van der Waals surface area contributed by atoms with Crippen LogP contribution in [0, 0.1) is 13.8 Å². The Morgan fingerprint density at radius 3 is 2.42 bits per heavy atom. The highest BCUT2D eigenvalue weighted by Gasteiger charge is 2.14. The Labute approximate surface area is 112 Å². The number of carboxylic acid groups (broad SMARTS) is 1. The first-order chi connectivity index (χ1) is 9.04. The molecule has 1 N–H and O–H groups in total. The minimum absolute atomic E-state index is 0.354. The van der Waals surface area contributed by atoms with Crippen LogP contribution in [0.3, 0.4) is 0 Å². The van der Waals surface area contributed by atoms with Gasteiger partial charge in [-0.3, -0.25) is 0 Å².